The SMILES string of the molecule is C#CCC(NC(=O)OC(CCCOC(=O)CCC(=O)NCC1OC(n2ccc(=O)[nH]c2=O)C(O)C1O)c1ccccc1)C(=O)NCC1(C)N=N1.C#CCC(NC(=O)OC(c1ccccc1)C(CCOC(=O)CCC(=O)NCC1OC(n2ccc(=O)[nH]c2=O)C(O)C1O)NC(=O)CC)C(=O)NCC1(C)N=N1.C#CCC(NC(=O)Oc1ccc(-c2coc3cc(O)cc(O)c3c2=O)cc1)C(=O)CCC1(C)N=N1. The maximum Gasteiger partial charge on any atom is 0.413 e. The van der Waals surface area contributed by atoms with Crippen LogP contribution in [0.2, 0.25) is 0 Å². The van der Waals surface area contributed by atoms with Gasteiger partial charge in [0.25, 0.3) is 11.1 Å². The molecule has 14 unspecified atom stereocenters. The number of ether oxygens (including phenoxy) is 7. The lowest BCUT2D eigenvalue weighted by Gasteiger charge is -2.29. The van der Waals surface area contributed by atoms with E-state index in [0.717, 1.165) is 39.7 Å². The Bertz CT molecular complexity index is 6160. The molecule has 0 radical (unpaired) electrons. The molecule has 742 valence electrons. The minimum absolute atomic E-state index is 0.0141. The van der Waals surface area contributed by atoms with Gasteiger partial charge < -0.3 is 111 Å². The summed E-state index contributed by atoms with van der Waals surface area (Å²) in [5.74, 6) is 2.35. The highest BCUT2D eigenvalue weighted by Gasteiger charge is 2.47. The van der Waals surface area contributed by atoms with Gasteiger partial charge >= 0.3 is 41.6 Å². The Kier molecular flexibility index (Phi) is 37.7. The molecule has 4 aromatic carbocycles. The molecule has 5 aliphatic heterocycles. The van der Waals surface area contributed by atoms with Crippen LogP contribution < -0.4 is 75.2 Å². The van der Waals surface area contributed by atoms with Gasteiger partial charge in [0.1, 0.15) is 101 Å². The third kappa shape index (κ3) is 31.6. The average molecular weight is 1940 g/mol. The lowest BCUT2D eigenvalue weighted by molar-refractivity contribution is -0.146. The van der Waals surface area contributed by atoms with Gasteiger partial charge in [-0.2, -0.15) is 30.7 Å². The van der Waals surface area contributed by atoms with Crippen LogP contribution in [-0.4, -0.2) is 232 Å². The van der Waals surface area contributed by atoms with Crippen LogP contribution in [0.1, 0.15) is 147 Å². The molecule has 0 aliphatic carbocycles. The molecule has 7 aromatic rings. The Labute approximate surface area is 795 Å². The molecule has 8 amide bonds. The van der Waals surface area contributed by atoms with Crippen molar-refractivity contribution in [1.82, 2.24) is 61.6 Å². The molecule has 48 heteroatoms. The number of fused-ring (bicyclic) bond motifs is 1. The molecular weight excluding hydrogens is 1840 g/mol. The number of phenols is 2. The van der Waals surface area contributed by atoms with Crippen LogP contribution in [0.15, 0.2) is 187 Å². The summed E-state index contributed by atoms with van der Waals surface area (Å²) in [7, 11) is 0. The number of terminal acetylenes is 3. The summed E-state index contributed by atoms with van der Waals surface area (Å²) < 4.78 is 45.5. The van der Waals surface area contributed by atoms with Gasteiger partial charge in [0.05, 0.1) is 50.8 Å². The van der Waals surface area contributed by atoms with E-state index in [2.05, 4.69) is 91.0 Å². The van der Waals surface area contributed by atoms with Crippen molar-refractivity contribution in [1.29, 1.82) is 0 Å². The number of hydrogen-bond acceptors (Lipinski definition) is 36. The molecule has 0 bridgehead atoms. The number of nitrogens with one attached hydrogen (secondary N) is 10. The Morgan fingerprint density at radius 2 is 1.01 bits per heavy atom. The van der Waals surface area contributed by atoms with Crippen LogP contribution in [-0.2, 0) is 66.8 Å². The minimum Gasteiger partial charge on any atom is -0.508 e. The van der Waals surface area contributed by atoms with Crippen LogP contribution in [0, 0.1) is 37.0 Å². The van der Waals surface area contributed by atoms with E-state index in [-0.39, 0.29) is 150 Å². The number of H-pyrrole nitrogens is 2. The number of aromatic hydroxyl groups is 2. The quantitative estimate of drug-likeness (QED) is 0.0113. The number of Topliss-reactive ketones (excluding diaryl/α,β-unsaturated/α-hetero) is 1. The number of aromatic nitrogens is 4. The van der Waals surface area contributed by atoms with Gasteiger partial charge in [-0.3, -0.25) is 71.8 Å². The normalized spacial score (nSPS) is 19.3. The smallest absolute Gasteiger partial charge is 0.413 e. The summed E-state index contributed by atoms with van der Waals surface area (Å²) in [4.78, 5) is 202. The lowest BCUT2D eigenvalue weighted by atomic mass is 9.99. The van der Waals surface area contributed by atoms with Gasteiger partial charge in [0, 0.05) is 108 Å². The highest BCUT2D eigenvalue weighted by molar-refractivity contribution is 5.90. The molecule has 2 saturated heterocycles. The number of ketones is 1. The maximum atomic E-state index is 13.2. The van der Waals surface area contributed by atoms with Gasteiger partial charge in [0.2, 0.25) is 46.3 Å². The molecule has 12 rings (SSSR count). The van der Waals surface area contributed by atoms with E-state index in [1.54, 1.807) is 88.4 Å². The zero-order valence-corrected chi connectivity index (χ0v) is 75.9. The standard InChI is InChI=1S/C35H44N8O12.C32H39N7O11.C25H21N3O7/c1-4-9-22(31(50)37-19-35(3)41-42-35)39-34(52)55-30(20-10-7-6-8-11-20)21(38-24(44)5-2)15-17-53-27(47)13-12-25(45)36-18-23-28(48)29(49)32(54-23)43-16-14-26(46)40-33(43)51;1-3-8-20(28(45)34-18-32(2)37-38-32)35-31(47)50-21(19-9-5-4-6-10-19)11-7-16-48-25(42)13-12-23(40)33-17-22-26(43)27(44)29(49-22)39-15-14-24(41)36-30(39)46;1-3-4-18(19(30)9-10-25(2)27-28-25)26-24(33)35-16-7-5-14(6-8-16)17-13-34-21-12-15(29)11-20(31)22(21)23(17)32/h1,6-8,10-11,14,16,21-23,28-30,32,48-49H,5,9,12-13,15,17-19H2,2-3H3,(H,36,45)(H,37,50)(H,38,44)(H,39,52)(H,40,46,51);1,4-6,9-10,14-15,20-22,26-27,29,43-44H,7-8,11-13,16-18H2,2H3,(H,33,40)(H,34,45)(H,35,47)(H,36,41,46);1,5-8,11-13,18,29,31H,4,9-10H2,2H3,(H,26,33). The van der Waals surface area contributed by atoms with Crippen molar-refractivity contribution < 1.29 is 121 Å². The van der Waals surface area contributed by atoms with Crippen molar-refractivity contribution in [3.05, 3.63) is 191 Å². The number of aliphatic hydroxyl groups is 4. The van der Waals surface area contributed by atoms with Crippen LogP contribution in [0.5, 0.6) is 17.2 Å². The summed E-state index contributed by atoms with van der Waals surface area (Å²) in [5.41, 5.74) is -3.60. The third-order valence-electron chi connectivity index (χ3n) is 21.9. The topological polar surface area (TPSA) is 684 Å². The van der Waals surface area contributed by atoms with Crippen molar-refractivity contribution >= 4 is 76.5 Å². The number of carbonyl (C=O) groups excluding carboxylic acids is 11. The molecule has 16 N–H and O–H groups in total. The fourth-order valence-electron chi connectivity index (χ4n) is 13.8. The Morgan fingerprint density at radius 3 is 1.49 bits per heavy atom. The van der Waals surface area contributed by atoms with E-state index in [1.165, 1.54) is 36.6 Å². The van der Waals surface area contributed by atoms with Crippen LogP contribution >= 0.6 is 0 Å². The summed E-state index contributed by atoms with van der Waals surface area (Å²) in [5, 5.41) is 105. The van der Waals surface area contributed by atoms with E-state index in [1.807, 2.05) is 9.97 Å². The molecule has 140 heavy (non-hydrogen) atoms. The summed E-state index contributed by atoms with van der Waals surface area (Å²) >= 11 is 0. The largest absolute Gasteiger partial charge is 0.508 e. The predicted octanol–water partition coefficient (Wildman–Crippen LogP) is 2.45. The number of hydrogen-bond donors (Lipinski definition) is 16. The highest BCUT2D eigenvalue weighted by atomic mass is 16.6. The van der Waals surface area contributed by atoms with Crippen molar-refractivity contribution in [2.45, 2.75) is 214 Å². The second kappa shape index (κ2) is 49.7. The Hall–Kier alpha value is -15.9. The zero-order chi connectivity index (χ0) is 102. The van der Waals surface area contributed by atoms with Gasteiger partial charge in [0.15, 0.2) is 23.9 Å². The number of amides is 8. The van der Waals surface area contributed by atoms with E-state index >= 15 is 0 Å². The van der Waals surface area contributed by atoms with Crippen molar-refractivity contribution in [2.75, 3.05) is 39.4 Å². The second-order valence-corrected chi connectivity index (χ2v) is 32.9. The first-order valence-electron chi connectivity index (χ1n) is 43.9. The monoisotopic (exact) mass is 1940 g/mol. The highest BCUT2D eigenvalue weighted by Crippen LogP contribution is 2.36. The van der Waals surface area contributed by atoms with Crippen LogP contribution in [0.25, 0.3) is 22.1 Å². The average Bonchev–Trinajstić information content (AvgIpc) is 1.72. The fourth-order valence-corrected chi connectivity index (χ4v) is 13.8. The molecule has 0 spiro atoms. The second-order valence-electron chi connectivity index (χ2n) is 32.9. The van der Waals surface area contributed by atoms with Crippen molar-refractivity contribution in [2.24, 2.45) is 30.7 Å². The number of esters is 2. The zero-order valence-electron chi connectivity index (χ0n) is 75.9. The Balaban J connectivity index is 0.000000221. The molecule has 8 heterocycles. The summed E-state index contributed by atoms with van der Waals surface area (Å²) in [6.07, 6.45) is 4.12. The first-order valence-corrected chi connectivity index (χ1v) is 43.9. The minimum atomic E-state index is -1.54. The third-order valence-corrected chi connectivity index (χ3v) is 21.9. The Morgan fingerprint density at radius 1 is 0.529 bits per heavy atom. The molecule has 3 aromatic heterocycles. The maximum absolute atomic E-state index is 13.2. The summed E-state index contributed by atoms with van der Waals surface area (Å²) in [6.45, 7) is 6.38. The number of benzene rings is 4. The van der Waals surface area contributed by atoms with Crippen molar-refractivity contribution in [3.8, 4) is 65.4 Å². The number of alkyl carbamates (subject to hydrolysis) is 2. The number of aliphatic hydroxyl groups excluding tert-OH is 4. The molecule has 0 saturated carbocycles. The number of nitrogens with zero attached hydrogens (tertiary/aromatic N) is 8. The first-order chi connectivity index (χ1) is 66.8. The van der Waals surface area contributed by atoms with Gasteiger partial charge in [-0.15, -0.1) is 37.0 Å². The molecule has 48 nitrogen and oxygen atoms in total. The van der Waals surface area contributed by atoms with Gasteiger partial charge in [-0.1, -0.05) is 79.7 Å². The number of phenolic OH excluding ortho intramolecular Hbond substituents is 2. The number of carbonyl (C=O) groups is 11. The van der Waals surface area contributed by atoms with Crippen LogP contribution in [0.4, 0.5) is 14.4 Å². The fraction of sp³-hybridized carbons (Fsp3) is 0.435. The van der Waals surface area contributed by atoms with Crippen LogP contribution in [0.3, 0.4) is 0 Å². The molecule has 2 fully saturated rings. The first kappa shape index (κ1) is 106. The van der Waals surface area contributed by atoms with Gasteiger partial charge in [-0.25, -0.2) is 24.0 Å². The lowest BCUT2D eigenvalue weighted by Crippen LogP contribution is -2.49. The molecule has 14 atom stereocenters. The summed E-state index contributed by atoms with van der Waals surface area (Å²) in [6, 6.07) is 23.7. The van der Waals surface area contributed by atoms with E-state index in [0.29, 0.717) is 29.5 Å². The van der Waals surface area contributed by atoms with E-state index < -0.39 is 190 Å². The van der Waals surface area contributed by atoms with E-state index in [9.17, 15) is 107 Å². The molecule has 5 aliphatic rings. The number of rotatable bonds is 44. The molecular formula is C92H104N18O30. The predicted molar refractivity (Wildman–Crippen MR) is 487 cm³/mol. The van der Waals surface area contributed by atoms with Gasteiger partial charge in [-0.05, 0) is 62.4 Å². The van der Waals surface area contributed by atoms with Crippen molar-refractivity contribution in [3.63, 3.8) is 0 Å². The number of aromatic amines is 2. The van der Waals surface area contributed by atoms with E-state index in [4.69, 9.17) is 56.8 Å².